The van der Waals surface area contributed by atoms with E-state index in [0.717, 1.165) is 25.9 Å². The number of hydrogen-bond acceptors (Lipinski definition) is 5. The first-order valence-electron chi connectivity index (χ1n) is 9.08. The molecule has 1 heterocycles. The van der Waals surface area contributed by atoms with Crippen LogP contribution in [-0.2, 0) is 0 Å². The molecule has 1 aliphatic rings. The molecule has 0 aliphatic carbocycles. The third kappa shape index (κ3) is 4.03. The van der Waals surface area contributed by atoms with Gasteiger partial charge in [0.25, 0.3) is 11.8 Å². The maximum atomic E-state index is 12.7. The van der Waals surface area contributed by atoms with Gasteiger partial charge in [0.05, 0.1) is 21.3 Å². The van der Waals surface area contributed by atoms with Crippen molar-refractivity contribution in [2.75, 3.05) is 39.7 Å². The molecule has 2 aromatic carbocycles. The van der Waals surface area contributed by atoms with Crippen molar-refractivity contribution in [3.05, 3.63) is 47.5 Å². The Bertz CT molecular complexity index is 850. The highest BCUT2D eigenvalue weighted by molar-refractivity contribution is 6.06. The highest BCUT2D eigenvalue weighted by atomic mass is 16.5. The zero-order chi connectivity index (χ0) is 20.1. The van der Waals surface area contributed by atoms with Crippen molar-refractivity contribution in [3.8, 4) is 17.2 Å². The maximum Gasteiger partial charge on any atom is 0.255 e. The molecule has 0 bridgehead atoms. The van der Waals surface area contributed by atoms with Crippen molar-refractivity contribution in [3.63, 3.8) is 0 Å². The highest BCUT2D eigenvalue weighted by Gasteiger charge is 2.21. The normalized spacial score (nSPS) is 13.2. The molecule has 2 aromatic rings. The van der Waals surface area contributed by atoms with Gasteiger partial charge in [-0.2, -0.15) is 0 Å². The second kappa shape index (κ2) is 8.65. The summed E-state index contributed by atoms with van der Waals surface area (Å²) in [7, 11) is 4.54. The number of anilines is 1. The van der Waals surface area contributed by atoms with E-state index in [1.54, 1.807) is 36.4 Å². The van der Waals surface area contributed by atoms with E-state index in [4.69, 9.17) is 14.2 Å². The molecule has 7 heteroatoms. The van der Waals surface area contributed by atoms with Gasteiger partial charge in [-0.15, -0.1) is 0 Å². The average Bonchev–Trinajstić information content (AvgIpc) is 3.27. The van der Waals surface area contributed by atoms with E-state index >= 15 is 0 Å². The van der Waals surface area contributed by atoms with Crippen molar-refractivity contribution in [2.24, 2.45) is 0 Å². The number of ether oxygens (including phenoxy) is 3. The molecule has 1 saturated heterocycles. The summed E-state index contributed by atoms with van der Waals surface area (Å²) in [5, 5.41) is 2.82. The van der Waals surface area contributed by atoms with E-state index < -0.39 is 0 Å². The number of likely N-dealkylation sites (tertiary alicyclic amines) is 1. The molecule has 0 aromatic heterocycles. The van der Waals surface area contributed by atoms with Crippen molar-refractivity contribution in [1.29, 1.82) is 0 Å². The molecule has 1 N–H and O–H groups in total. The Hall–Kier alpha value is -3.22. The molecular weight excluding hydrogens is 360 g/mol. The van der Waals surface area contributed by atoms with Gasteiger partial charge in [-0.05, 0) is 31.0 Å². The number of carbonyl (C=O) groups is 2. The van der Waals surface area contributed by atoms with Crippen LogP contribution in [0.4, 0.5) is 5.69 Å². The first-order chi connectivity index (χ1) is 13.6. The minimum atomic E-state index is -0.328. The lowest BCUT2D eigenvalue weighted by Crippen LogP contribution is -2.27. The van der Waals surface area contributed by atoms with Gasteiger partial charge in [0.1, 0.15) is 0 Å². The van der Waals surface area contributed by atoms with Crippen LogP contribution in [0.15, 0.2) is 36.4 Å². The summed E-state index contributed by atoms with van der Waals surface area (Å²) in [5.41, 5.74) is 1.41. The predicted octanol–water partition coefficient (Wildman–Crippen LogP) is 3.20. The van der Waals surface area contributed by atoms with Gasteiger partial charge >= 0.3 is 0 Å². The van der Waals surface area contributed by atoms with Crippen molar-refractivity contribution in [1.82, 2.24) is 4.90 Å². The fourth-order valence-electron chi connectivity index (χ4n) is 3.25. The van der Waals surface area contributed by atoms with E-state index in [9.17, 15) is 9.59 Å². The molecule has 2 amide bonds. The Kier molecular flexibility index (Phi) is 6.03. The summed E-state index contributed by atoms with van der Waals surface area (Å²) in [6.07, 6.45) is 2.04. The molecule has 3 rings (SSSR count). The quantitative estimate of drug-likeness (QED) is 0.828. The van der Waals surface area contributed by atoms with Gasteiger partial charge in [-0.3, -0.25) is 9.59 Å². The standard InChI is InChI=1S/C21H24N2O5/c1-26-17-12-16(13-18(27-2)19(17)28-3)22-20(24)14-7-6-8-15(11-14)21(25)23-9-4-5-10-23/h6-8,11-13H,4-5,9-10H2,1-3H3,(H,22,24). The SMILES string of the molecule is COc1cc(NC(=O)c2cccc(C(=O)N3CCCC3)c2)cc(OC)c1OC. The third-order valence-corrected chi connectivity index (χ3v) is 4.69. The van der Waals surface area contributed by atoms with Gasteiger partial charge in [0.2, 0.25) is 5.75 Å². The molecule has 1 fully saturated rings. The number of nitrogens with one attached hydrogen (secondary N) is 1. The Morgan fingerprint density at radius 2 is 1.50 bits per heavy atom. The van der Waals surface area contributed by atoms with Crippen LogP contribution in [0.3, 0.4) is 0 Å². The molecule has 0 saturated carbocycles. The minimum Gasteiger partial charge on any atom is -0.493 e. The Labute approximate surface area is 164 Å². The van der Waals surface area contributed by atoms with Crippen molar-refractivity contribution in [2.45, 2.75) is 12.8 Å². The topological polar surface area (TPSA) is 77.1 Å². The Balaban J connectivity index is 1.81. The summed E-state index contributed by atoms with van der Waals surface area (Å²) < 4.78 is 15.9. The summed E-state index contributed by atoms with van der Waals surface area (Å²) >= 11 is 0. The van der Waals surface area contributed by atoms with Crippen LogP contribution < -0.4 is 19.5 Å². The summed E-state index contributed by atoms with van der Waals surface area (Å²) in [4.78, 5) is 27.1. The minimum absolute atomic E-state index is 0.0417. The summed E-state index contributed by atoms with van der Waals surface area (Å²) in [6, 6.07) is 10.0. The Morgan fingerprint density at radius 3 is 2.07 bits per heavy atom. The molecule has 0 spiro atoms. The number of nitrogens with zero attached hydrogens (tertiary/aromatic N) is 1. The number of benzene rings is 2. The van der Waals surface area contributed by atoms with Gasteiger partial charge < -0.3 is 24.4 Å². The van der Waals surface area contributed by atoms with Crippen LogP contribution in [0, 0.1) is 0 Å². The fraction of sp³-hybridized carbons (Fsp3) is 0.333. The number of hydrogen-bond donors (Lipinski definition) is 1. The zero-order valence-corrected chi connectivity index (χ0v) is 16.3. The molecule has 0 unspecified atom stereocenters. The van der Waals surface area contributed by atoms with Gasteiger partial charge in [-0.1, -0.05) is 6.07 Å². The zero-order valence-electron chi connectivity index (χ0n) is 16.3. The van der Waals surface area contributed by atoms with Crippen LogP contribution in [0.25, 0.3) is 0 Å². The largest absolute Gasteiger partial charge is 0.493 e. The molecule has 1 aliphatic heterocycles. The number of rotatable bonds is 6. The Morgan fingerprint density at radius 1 is 0.893 bits per heavy atom. The van der Waals surface area contributed by atoms with E-state index in [0.29, 0.717) is 34.1 Å². The third-order valence-electron chi connectivity index (χ3n) is 4.69. The van der Waals surface area contributed by atoms with E-state index in [1.807, 2.05) is 4.90 Å². The lowest BCUT2D eigenvalue weighted by atomic mass is 10.1. The first kappa shape index (κ1) is 19.5. The highest BCUT2D eigenvalue weighted by Crippen LogP contribution is 2.40. The van der Waals surface area contributed by atoms with Crippen LogP contribution >= 0.6 is 0 Å². The van der Waals surface area contributed by atoms with Crippen LogP contribution in [-0.4, -0.2) is 51.1 Å². The number of amides is 2. The molecular formula is C21H24N2O5. The summed E-state index contributed by atoms with van der Waals surface area (Å²) in [5.74, 6) is 0.955. The second-order valence-corrected chi connectivity index (χ2v) is 6.45. The van der Waals surface area contributed by atoms with E-state index in [-0.39, 0.29) is 11.8 Å². The van der Waals surface area contributed by atoms with Crippen LogP contribution in [0.2, 0.25) is 0 Å². The average molecular weight is 384 g/mol. The van der Waals surface area contributed by atoms with E-state index in [2.05, 4.69) is 5.32 Å². The molecule has 148 valence electrons. The molecule has 28 heavy (non-hydrogen) atoms. The van der Waals surface area contributed by atoms with Crippen LogP contribution in [0.1, 0.15) is 33.6 Å². The second-order valence-electron chi connectivity index (χ2n) is 6.45. The number of carbonyl (C=O) groups excluding carboxylic acids is 2. The molecule has 0 radical (unpaired) electrons. The van der Waals surface area contributed by atoms with Crippen LogP contribution in [0.5, 0.6) is 17.2 Å². The van der Waals surface area contributed by atoms with E-state index in [1.165, 1.54) is 21.3 Å². The summed E-state index contributed by atoms with van der Waals surface area (Å²) in [6.45, 7) is 1.53. The van der Waals surface area contributed by atoms with Gasteiger partial charge in [0, 0.05) is 42.0 Å². The molecule has 7 nitrogen and oxygen atoms in total. The fourth-order valence-corrected chi connectivity index (χ4v) is 3.25. The first-order valence-corrected chi connectivity index (χ1v) is 9.08. The lowest BCUT2D eigenvalue weighted by Gasteiger charge is -2.16. The smallest absolute Gasteiger partial charge is 0.255 e. The van der Waals surface area contributed by atoms with Crippen molar-refractivity contribution >= 4 is 17.5 Å². The van der Waals surface area contributed by atoms with Gasteiger partial charge in [0.15, 0.2) is 11.5 Å². The van der Waals surface area contributed by atoms with Gasteiger partial charge in [-0.25, -0.2) is 0 Å². The number of methoxy groups -OCH3 is 3. The maximum absolute atomic E-state index is 12.7. The van der Waals surface area contributed by atoms with Crippen molar-refractivity contribution < 1.29 is 23.8 Å². The predicted molar refractivity (Wildman–Crippen MR) is 106 cm³/mol. The lowest BCUT2D eigenvalue weighted by molar-refractivity contribution is 0.0793. The molecule has 0 atom stereocenters. The monoisotopic (exact) mass is 384 g/mol.